The summed E-state index contributed by atoms with van der Waals surface area (Å²) in [6.07, 6.45) is 3.96. The molecule has 1 saturated heterocycles. The SMILES string of the molecule is [2H][C@@]12C[C@H](/C(=C\C)C(=O)CO)[C@H](CC)CN1CCc1c2[nH]c2c(Br)c(Cl)cc(CO)c12. The van der Waals surface area contributed by atoms with Gasteiger partial charge in [0.1, 0.15) is 6.61 Å². The van der Waals surface area contributed by atoms with Gasteiger partial charge < -0.3 is 15.2 Å². The Morgan fingerprint density at radius 1 is 1.50 bits per heavy atom. The van der Waals surface area contributed by atoms with Crippen molar-refractivity contribution in [3.05, 3.63) is 44.0 Å². The number of hydrogen-bond donors (Lipinski definition) is 3. The van der Waals surface area contributed by atoms with E-state index < -0.39 is 12.6 Å². The molecule has 4 rings (SSSR count). The molecular weight excluding hydrogens is 468 g/mol. The molecule has 3 atom stereocenters. The van der Waals surface area contributed by atoms with E-state index in [0.29, 0.717) is 17.0 Å². The number of hydrogen-bond acceptors (Lipinski definition) is 4. The minimum Gasteiger partial charge on any atom is -0.392 e. The Kier molecular flexibility index (Phi) is 6.04. The van der Waals surface area contributed by atoms with Crippen LogP contribution >= 0.6 is 27.5 Å². The van der Waals surface area contributed by atoms with Crippen molar-refractivity contribution in [1.82, 2.24) is 9.88 Å². The van der Waals surface area contributed by atoms with Crippen molar-refractivity contribution in [2.75, 3.05) is 19.7 Å². The van der Waals surface area contributed by atoms with Crippen molar-refractivity contribution in [3.8, 4) is 0 Å². The summed E-state index contributed by atoms with van der Waals surface area (Å²) in [4.78, 5) is 18.1. The zero-order valence-corrected chi connectivity index (χ0v) is 19.6. The fraction of sp³-hybridized carbons (Fsp3) is 0.522. The molecule has 0 bridgehead atoms. The van der Waals surface area contributed by atoms with Crippen LogP contribution in [0.3, 0.4) is 0 Å². The normalized spacial score (nSPS) is 27.7. The second-order valence-corrected chi connectivity index (χ2v) is 9.37. The van der Waals surface area contributed by atoms with Crippen LogP contribution in [0, 0.1) is 11.8 Å². The van der Waals surface area contributed by atoms with E-state index in [1.807, 2.05) is 6.92 Å². The number of nitrogens with one attached hydrogen (secondary N) is 1. The summed E-state index contributed by atoms with van der Waals surface area (Å²) in [5, 5.41) is 20.9. The average molecular weight is 497 g/mol. The van der Waals surface area contributed by atoms with Gasteiger partial charge in [0.15, 0.2) is 5.78 Å². The first-order chi connectivity index (χ1) is 14.8. The van der Waals surface area contributed by atoms with Crippen LogP contribution in [-0.2, 0) is 17.8 Å². The fourth-order valence-electron chi connectivity index (χ4n) is 5.30. The number of carbonyl (C=O) groups is 1. The van der Waals surface area contributed by atoms with Gasteiger partial charge in [0.2, 0.25) is 0 Å². The predicted molar refractivity (Wildman–Crippen MR) is 123 cm³/mol. The molecule has 2 aliphatic heterocycles. The maximum atomic E-state index is 12.5. The summed E-state index contributed by atoms with van der Waals surface area (Å²) < 4.78 is 10.3. The molecule has 3 N–H and O–H groups in total. The lowest BCUT2D eigenvalue weighted by Crippen LogP contribution is -2.47. The molecule has 2 aliphatic rings. The minimum atomic E-state index is -1.02. The summed E-state index contributed by atoms with van der Waals surface area (Å²) in [5.41, 5.74) is 4.05. The van der Waals surface area contributed by atoms with Crippen molar-refractivity contribution < 1.29 is 16.4 Å². The van der Waals surface area contributed by atoms with Crippen molar-refractivity contribution in [3.63, 3.8) is 0 Å². The van der Waals surface area contributed by atoms with E-state index in [1.165, 1.54) is 0 Å². The third-order valence-corrected chi connectivity index (χ3v) is 8.11. The number of allylic oxidation sites excluding steroid dienone is 1. The first-order valence-corrected chi connectivity index (χ1v) is 11.7. The van der Waals surface area contributed by atoms with Gasteiger partial charge in [0.25, 0.3) is 0 Å². The van der Waals surface area contributed by atoms with Gasteiger partial charge in [-0.1, -0.05) is 31.0 Å². The Labute approximate surface area is 191 Å². The highest BCUT2D eigenvalue weighted by molar-refractivity contribution is 9.10. The number of fused-ring (bicyclic) bond motifs is 5. The van der Waals surface area contributed by atoms with Crippen LogP contribution in [0.4, 0.5) is 0 Å². The lowest BCUT2D eigenvalue weighted by molar-refractivity contribution is -0.119. The molecule has 7 heteroatoms. The molecule has 3 heterocycles. The van der Waals surface area contributed by atoms with Crippen LogP contribution in [0.15, 0.2) is 22.2 Å². The Balaban J connectivity index is 1.88. The van der Waals surface area contributed by atoms with Gasteiger partial charge in [-0.3, -0.25) is 9.69 Å². The van der Waals surface area contributed by atoms with E-state index in [-0.39, 0.29) is 24.2 Å². The molecule has 0 unspecified atom stereocenters. The van der Waals surface area contributed by atoms with Gasteiger partial charge in [-0.05, 0) is 70.3 Å². The molecule has 5 nitrogen and oxygen atoms in total. The summed E-state index contributed by atoms with van der Waals surface area (Å²) in [6, 6.07) is 0.755. The smallest absolute Gasteiger partial charge is 0.184 e. The molecule has 1 aromatic heterocycles. The van der Waals surface area contributed by atoms with Crippen LogP contribution in [0.5, 0.6) is 0 Å². The Hall–Kier alpha value is -1.18. The number of H-pyrrole nitrogens is 1. The summed E-state index contributed by atoms with van der Waals surface area (Å²) in [7, 11) is 0. The van der Waals surface area contributed by atoms with Crippen LogP contribution in [0.1, 0.15) is 50.9 Å². The average Bonchev–Trinajstić information content (AvgIpc) is 3.17. The predicted octanol–water partition coefficient (Wildman–Crippen LogP) is 4.53. The molecule has 2 aromatic rings. The lowest BCUT2D eigenvalue weighted by atomic mass is 9.73. The topological polar surface area (TPSA) is 76.6 Å². The fourth-order valence-corrected chi connectivity index (χ4v) is 5.93. The van der Waals surface area contributed by atoms with E-state index >= 15 is 0 Å². The molecular formula is C23H28BrClN2O3. The first kappa shape index (κ1) is 20.7. The van der Waals surface area contributed by atoms with Crippen LogP contribution in [-0.4, -0.2) is 45.6 Å². The minimum absolute atomic E-state index is 0.0925. The number of piperidine rings is 1. The highest BCUT2D eigenvalue weighted by Crippen LogP contribution is 2.47. The quantitative estimate of drug-likeness (QED) is 0.532. The molecule has 0 saturated carbocycles. The number of rotatable bonds is 5. The van der Waals surface area contributed by atoms with E-state index in [4.69, 9.17) is 11.6 Å². The van der Waals surface area contributed by atoms with Gasteiger partial charge in [-0.15, -0.1) is 0 Å². The zero-order chi connectivity index (χ0) is 22.5. The monoisotopic (exact) mass is 495 g/mol. The molecule has 0 amide bonds. The van der Waals surface area contributed by atoms with Crippen molar-refractivity contribution in [2.24, 2.45) is 11.8 Å². The molecule has 0 radical (unpaired) electrons. The number of halogens is 2. The number of carbonyl (C=O) groups excluding carboxylic acids is 1. The molecule has 30 heavy (non-hydrogen) atoms. The summed E-state index contributed by atoms with van der Waals surface area (Å²) in [6.45, 7) is 4.79. The number of aliphatic hydroxyl groups excluding tert-OH is 2. The van der Waals surface area contributed by atoms with Gasteiger partial charge in [-0.2, -0.15) is 0 Å². The van der Waals surface area contributed by atoms with E-state index in [9.17, 15) is 16.4 Å². The largest absolute Gasteiger partial charge is 0.392 e. The van der Waals surface area contributed by atoms with E-state index in [0.717, 1.165) is 58.1 Å². The molecule has 0 spiro atoms. The van der Waals surface area contributed by atoms with Crippen LogP contribution in [0.25, 0.3) is 10.9 Å². The number of nitrogens with zero attached hydrogens (tertiary/aromatic N) is 1. The number of aromatic amines is 1. The number of aromatic nitrogens is 1. The summed E-state index contributed by atoms with van der Waals surface area (Å²) in [5.74, 6) is -0.0989. The zero-order valence-electron chi connectivity index (χ0n) is 18.3. The second-order valence-electron chi connectivity index (χ2n) is 8.17. The van der Waals surface area contributed by atoms with Crippen LogP contribution in [0.2, 0.25) is 5.02 Å². The summed E-state index contributed by atoms with van der Waals surface area (Å²) >= 11 is 9.95. The molecule has 162 valence electrons. The second kappa shape index (κ2) is 8.75. The third-order valence-electron chi connectivity index (χ3n) is 6.76. The van der Waals surface area contributed by atoms with Crippen LogP contribution < -0.4 is 0 Å². The Morgan fingerprint density at radius 2 is 2.27 bits per heavy atom. The number of benzene rings is 1. The van der Waals surface area contributed by atoms with Gasteiger partial charge >= 0.3 is 0 Å². The maximum absolute atomic E-state index is 12.5. The number of ketones is 1. The van der Waals surface area contributed by atoms with Gasteiger partial charge in [-0.25, -0.2) is 0 Å². The van der Waals surface area contributed by atoms with Crippen molar-refractivity contribution in [1.29, 1.82) is 0 Å². The highest BCUT2D eigenvalue weighted by atomic mass is 79.9. The third kappa shape index (κ3) is 3.47. The van der Waals surface area contributed by atoms with Crippen molar-refractivity contribution in [2.45, 2.75) is 45.7 Å². The first-order valence-electron chi connectivity index (χ1n) is 11.0. The van der Waals surface area contributed by atoms with Crippen molar-refractivity contribution >= 4 is 44.2 Å². The number of aliphatic hydroxyl groups is 2. The van der Waals surface area contributed by atoms with E-state index in [2.05, 4.69) is 32.7 Å². The van der Waals surface area contributed by atoms with Gasteiger partial charge in [0, 0.05) is 24.2 Å². The molecule has 1 fully saturated rings. The van der Waals surface area contributed by atoms with E-state index in [1.54, 1.807) is 12.1 Å². The molecule has 0 aliphatic carbocycles. The highest BCUT2D eigenvalue weighted by Gasteiger charge is 2.42. The lowest BCUT2D eigenvalue weighted by Gasteiger charge is -2.46. The molecule has 1 aromatic carbocycles. The maximum Gasteiger partial charge on any atom is 0.184 e. The Morgan fingerprint density at radius 3 is 2.90 bits per heavy atom. The standard InChI is InChI=1S/C23H28BrClN2O3/c1-3-12-9-27-6-5-15-20-13(10-28)7-17(25)21(24)23(20)26-22(15)18(27)8-16(12)14(4-2)19(30)11-29/h4,7,12,16,18,26,28-29H,3,5-6,8-11H2,1-2H3/b14-4+/t12-,16+,18+/m1/s1/i18D. The van der Waals surface area contributed by atoms with Gasteiger partial charge in [0.05, 0.1) is 29.0 Å². The Bertz CT molecular complexity index is 1070. The number of Topliss-reactive ketones (excluding diaryl/α,β-unsaturated/α-hetero) is 1.